The van der Waals surface area contributed by atoms with Crippen LogP contribution in [-0.2, 0) is 22.7 Å². The number of amides is 3. The van der Waals surface area contributed by atoms with Gasteiger partial charge in [-0.05, 0) is 29.8 Å². The van der Waals surface area contributed by atoms with Crippen molar-refractivity contribution in [1.82, 2.24) is 19.6 Å². The van der Waals surface area contributed by atoms with Gasteiger partial charge in [0, 0.05) is 43.8 Å². The summed E-state index contributed by atoms with van der Waals surface area (Å²) in [7, 11) is 1.75. The van der Waals surface area contributed by atoms with E-state index in [4.69, 9.17) is 0 Å². The number of benzene rings is 2. The summed E-state index contributed by atoms with van der Waals surface area (Å²) in [5.41, 5.74) is 3.26. The lowest BCUT2D eigenvalue weighted by molar-refractivity contribution is -0.139. The molecule has 1 fully saturated rings. The molecule has 30 heavy (non-hydrogen) atoms. The molecule has 1 aliphatic heterocycles. The van der Waals surface area contributed by atoms with E-state index in [1.54, 1.807) is 47.1 Å². The molecule has 1 aromatic heterocycles. The van der Waals surface area contributed by atoms with Crippen LogP contribution >= 0.6 is 0 Å². The second-order valence-corrected chi connectivity index (χ2v) is 7.36. The number of hydrogen-bond donors (Lipinski definition) is 0. The Morgan fingerprint density at radius 2 is 1.63 bits per heavy atom. The van der Waals surface area contributed by atoms with Gasteiger partial charge in [0.15, 0.2) is 0 Å². The van der Waals surface area contributed by atoms with Gasteiger partial charge in [-0.2, -0.15) is 5.10 Å². The average Bonchev–Trinajstić information content (AvgIpc) is 3.36. The van der Waals surface area contributed by atoms with Gasteiger partial charge in [0.25, 0.3) is 5.91 Å². The van der Waals surface area contributed by atoms with Crippen molar-refractivity contribution in [3.05, 3.63) is 83.7 Å². The number of nitrogens with zero attached hydrogens (tertiary/aromatic N) is 4. The first-order chi connectivity index (χ1) is 14.5. The summed E-state index contributed by atoms with van der Waals surface area (Å²) in [6, 6.07) is 16.8. The van der Waals surface area contributed by atoms with Crippen LogP contribution in [0, 0.1) is 0 Å². The highest BCUT2D eigenvalue weighted by Crippen LogP contribution is 2.17. The zero-order chi connectivity index (χ0) is 21.1. The molecule has 0 unspecified atom stereocenters. The van der Waals surface area contributed by atoms with E-state index in [2.05, 4.69) is 5.10 Å². The Bertz CT molecular complexity index is 1060. The molecule has 7 heteroatoms. The van der Waals surface area contributed by atoms with Crippen molar-refractivity contribution >= 4 is 17.7 Å². The quantitative estimate of drug-likeness (QED) is 0.594. The Hall–Kier alpha value is -3.74. The Labute approximate surface area is 174 Å². The Morgan fingerprint density at radius 3 is 2.30 bits per heavy atom. The maximum Gasteiger partial charge on any atom is 0.253 e. The molecule has 0 spiro atoms. The lowest BCUT2D eigenvalue weighted by Gasteiger charge is -2.17. The molecule has 0 radical (unpaired) electrons. The van der Waals surface area contributed by atoms with Crippen LogP contribution in [0.4, 0.5) is 0 Å². The van der Waals surface area contributed by atoms with E-state index < -0.39 is 0 Å². The number of likely N-dealkylation sites (tertiary alicyclic amines) is 1. The van der Waals surface area contributed by atoms with Crippen LogP contribution in [0.2, 0.25) is 0 Å². The predicted octanol–water partition coefficient (Wildman–Crippen LogP) is 2.79. The second-order valence-electron chi connectivity index (χ2n) is 7.36. The Morgan fingerprint density at radius 1 is 0.967 bits per heavy atom. The third-order valence-corrected chi connectivity index (χ3v) is 5.12. The molecule has 0 atom stereocenters. The molecule has 1 saturated heterocycles. The number of para-hydroxylation sites is 1. The monoisotopic (exact) mass is 402 g/mol. The van der Waals surface area contributed by atoms with Crippen LogP contribution in [0.5, 0.6) is 0 Å². The molecule has 2 heterocycles. The summed E-state index contributed by atoms with van der Waals surface area (Å²) < 4.78 is 1.78. The Kier molecular flexibility index (Phi) is 5.43. The molecule has 4 rings (SSSR count). The first-order valence-electron chi connectivity index (χ1n) is 9.78. The van der Waals surface area contributed by atoms with Crippen molar-refractivity contribution in [3.8, 4) is 5.69 Å². The van der Waals surface area contributed by atoms with E-state index in [0.717, 1.165) is 16.8 Å². The first-order valence-corrected chi connectivity index (χ1v) is 9.78. The zero-order valence-corrected chi connectivity index (χ0v) is 16.7. The summed E-state index contributed by atoms with van der Waals surface area (Å²) in [6.45, 7) is 0.685. The molecule has 0 bridgehead atoms. The number of carbonyl (C=O) groups is 3. The molecule has 2 aromatic carbocycles. The molecule has 7 nitrogen and oxygen atoms in total. The molecule has 152 valence electrons. The zero-order valence-electron chi connectivity index (χ0n) is 16.7. The van der Waals surface area contributed by atoms with Crippen molar-refractivity contribution in [3.63, 3.8) is 0 Å². The predicted molar refractivity (Wildman–Crippen MR) is 111 cm³/mol. The highest BCUT2D eigenvalue weighted by Gasteiger charge is 2.28. The maximum atomic E-state index is 12.8. The topological polar surface area (TPSA) is 75.5 Å². The van der Waals surface area contributed by atoms with Crippen LogP contribution < -0.4 is 0 Å². The summed E-state index contributed by atoms with van der Waals surface area (Å²) in [5.74, 6) is -0.394. The fourth-order valence-corrected chi connectivity index (χ4v) is 3.46. The number of rotatable bonds is 6. The van der Waals surface area contributed by atoms with Gasteiger partial charge in [0.2, 0.25) is 11.8 Å². The first kappa shape index (κ1) is 19.6. The minimum Gasteiger partial charge on any atom is -0.337 e. The minimum absolute atomic E-state index is 0.109. The fraction of sp³-hybridized carbons (Fsp3) is 0.217. The molecule has 0 N–H and O–H groups in total. The van der Waals surface area contributed by atoms with Gasteiger partial charge >= 0.3 is 0 Å². The second kappa shape index (κ2) is 8.32. The molecule has 3 amide bonds. The van der Waals surface area contributed by atoms with Gasteiger partial charge < -0.3 is 4.90 Å². The van der Waals surface area contributed by atoms with Crippen molar-refractivity contribution < 1.29 is 14.4 Å². The van der Waals surface area contributed by atoms with Crippen LogP contribution in [0.15, 0.2) is 67.0 Å². The van der Waals surface area contributed by atoms with Crippen molar-refractivity contribution in [2.75, 3.05) is 7.05 Å². The lowest BCUT2D eigenvalue weighted by atomic mass is 10.1. The van der Waals surface area contributed by atoms with E-state index in [1.165, 1.54) is 4.90 Å². The summed E-state index contributed by atoms with van der Waals surface area (Å²) in [4.78, 5) is 39.2. The third kappa shape index (κ3) is 4.15. The van der Waals surface area contributed by atoms with Gasteiger partial charge in [0.1, 0.15) is 0 Å². The largest absolute Gasteiger partial charge is 0.337 e. The van der Waals surface area contributed by atoms with E-state index >= 15 is 0 Å². The van der Waals surface area contributed by atoms with Crippen molar-refractivity contribution in [2.24, 2.45) is 0 Å². The molecular weight excluding hydrogens is 380 g/mol. The van der Waals surface area contributed by atoms with Crippen molar-refractivity contribution in [2.45, 2.75) is 25.9 Å². The number of carbonyl (C=O) groups excluding carboxylic acids is 3. The van der Waals surface area contributed by atoms with Crippen molar-refractivity contribution in [1.29, 1.82) is 0 Å². The van der Waals surface area contributed by atoms with Gasteiger partial charge in [0.05, 0.1) is 18.4 Å². The molecular formula is C23H22N4O3. The van der Waals surface area contributed by atoms with Crippen LogP contribution in [0.1, 0.15) is 34.3 Å². The summed E-state index contributed by atoms with van der Waals surface area (Å²) in [5, 5.41) is 4.36. The SMILES string of the molecule is CN(Cc1cnn(-c2ccccc2)c1)C(=O)c1ccc(CN2C(=O)CCC2=O)cc1. The van der Waals surface area contributed by atoms with Crippen LogP contribution in [-0.4, -0.2) is 44.3 Å². The number of aromatic nitrogens is 2. The summed E-state index contributed by atoms with van der Waals surface area (Å²) in [6.07, 6.45) is 4.22. The van der Waals surface area contributed by atoms with Gasteiger partial charge in [-0.1, -0.05) is 30.3 Å². The Balaban J connectivity index is 1.39. The molecule has 3 aromatic rings. The maximum absolute atomic E-state index is 12.8. The molecule has 0 aliphatic carbocycles. The smallest absolute Gasteiger partial charge is 0.253 e. The fourth-order valence-electron chi connectivity index (χ4n) is 3.46. The van der Waals surface area contributed by atoms with Crippen LogP contribution in [0.3, 0.4) is 0 Å². The minimum atomic E-state index is -0.143. The highest BCUT2D eigenvalue weighted by molar-refractivity contribution is 6.01. The van der Waals surface area contributed by atoms with E-state index in [9.17, 15) is 14.4 Å². The summed E-state index contributed by atoms with van der Waals surface area (Å²) >= 11 is 0. The third-order valence-electron chi connectivity index (χ3n) is 5.12. The average molecular weight is 402 g/mol. The standard InChI is InChI=1S/C23H22N4O3/c1-25(14-18-13-24-27(16-18)20-5-3-2-4-6-20)23(30)19-9-7-17(8-10-19)15-26-21(28)11-12-22(26)29/h2-10,13,16H,11-12,14-15H2,1H3. The number of hydrogen-bond acceptors (Lipinski definition) is 4. The van der Waals surface area contributed by atoms with E-state index in [-0.39, 0.29) is 37.1 Å². The van der Waals surface area contributed by atoms with Gasteiger partial charge in [-0.3, -0.25) is 19.3 Å². The molecule has 0 saturated carbocycles. The van der Waals surface area contributed by atoms with Gasteiger partial charge in [-0.25, -0.2) is 4.68 Å². The van der Waals surface area contributed by atoms with Gasteiger partial charge in [-0.15, -0.1) is 0 Å². The van der Waals surface area contributed by atoms with E-state index in [0.29, 0.717) is 12.1 Å². The lowest BCUT2D eigenvalue weighted by Crippen LogP contribution is -2.28. The highest BCUT2D eigenvalue weighted by atomic mass is 16.2. The van der Waals surface area contributed by atoms with E-state index in [1.807, 2.05) is 36.5 Å². The van der Waals surface area contributed by atoms with Crippen LogP contribution in [0.25, 0.3) is 5.69 Å². The number of imide groups is 1. The normalized spacial score (nSPS) is 13.7. The molecule has 1 aliphatic rings.